The van der Waals surface area contributed by atoms with E-state index in [-0.39, 0.29) is 11.8 Å². The van der Waals surface area contributed by atoms with Gasteiger partial charge in [-0.15, -0.1) is 0 Å². The highest BCUT2D eigenvalue weighted by Crippen LogP contribution is 2.17. The molecule has 0 radical (unpaired) electrons. The van der Waals surface area contributed by atoms with Gasteiger partial charge >= 0.3 is 0 Å². The molecule has 0 unspecified atom stereocenters. The molecule has 7 heteroatoms. The van der Waals surface area contributed by atoms with Crippen LogP contribution in [0.3, 0.4) is 0 Å². The molecule has 166 valence electrons. The number of methoxy groups -OCH3 is 1. The van der Waals surface area contributed by atoms with E-state index >= 15 is 0 Å². The Labute approximate surface area is 180 Å². The van der Waals surface area contributed by atoms with Crippen molar-refractivity contribution in [2.24, 2.45) is 0 Å². The number of piperazine rings is 1. The van der Waals surface area contributed by atoms with Gasteiger partial charge in [0.15, 0.2) is 0 Å². The van der Waals surface area contributed by atoms with Crippen LogP contribution in [0.4, 0.5) is 0 Å². The molecular formula is C23H36N4O3. The third kappa shape index (κ3) is 6.19. The van der Waals surface area contributed by atoms with E-state index in [4.69, 9.17) is 4.74 Å². The van der Waals surface area contributed by atoms with Crippen molar-refractivity contribution in [1.29, 1.82) is 0 Å². The van der Waals surface area contributed by atoms with E-state index in [1.807, 2.05) is 21.9 Å². The van der Waals surface area contributed by atoms with Crippen molar-refractivity contribution < 1.29 is 14.3 Å². The fourth-order valence-electron chi connectivity index (χ4n) is 4.27. The molecule has 1 N–H and O–H groups in total. The van der Waals surface area contributed by atoms with Gasteiger partial charge in [-0.05, 0) is 50.6 Å². The summed E-state index contributed by atoms with van der Waals surface area (Å²) < 4.78 is 5.21. The van der Waals surface area contributed by atoms with E-state index in [1.54, 1.807) is 19.2 Å². The van der Waals surface area contributed by atoms with Crippen molar-refractivity contribution in [3.63, 3.8) is 0 Å². The summed E-state index contributed by atoms with van der Waals surface area (Å²) in [7, 11) is 1.62. The first-order valence-corrected chi connectivity index (χ1v) is 11.2. The predicted molar refractivity (Wildman–Crippen MR) is 118 cm³/mol. The van der Waals surface area contributed by atoms with Crippen molar-refractivity contribution in [2.75, 3.05) is 59.5 Å². The van der Waals surface area contributed by atoms with Crippen LogP contribution >= 0.6 is 0 Å². The zero-order valence-electron chi connectivity index (χ0n) is 18.4. The van der Waals surface area contributed by atoms with Crippen LogP contribution in [0.15, 0.2) is 24.3 Å². The summed E-state index contributed by atoms with van der Waals surface area (Å²) in [6, 6.07) is 7.78. The van der Waals surface area contributed by atoms with Gasteiger partial charge in [-0.2, -0.15) is 0 Å². The second-order valence-corrected chi connectivity index (χ2v) is 8.28. The molecule has 1 aromatic carbocycles. The summed E-state index contributed by atoms with van der Waals surface area (Å²) in [5.41, 5.74) is 0.636. The van der Waals surface area contributed by atoms with Gasteiger partial charge in [0.25, 0.3) is 5.91 Å². The third-order valence-electron chi connectivity index (χ3n) is 6.29. The van der Waals surface area contributed by atoms with Crippen molar-refractivity contribution in [1.82, 2.24) is 20.0 Å². The Kier molecular flexibility index (Phi) is 8.51. The second-order valence-electron chi connectivity index (χ2n) is 8.28. The first-order chi connectivity index (χ1) is 14.6. The minimum absolute atomic E-state index is 0.0181. The maximum Gasteiger partial charge on any atom is 0.253 e. The largest absolute Gasteiger partial charge is 0.497 e. The number of carbonyl (C=O) groups excluding carboxylic acids is 2. The molecule has 0 saturated carbocycles. The molecule has 3 rings (SSSR count). The minimum Gasteiger partial charge on any atom is -0.497 e. The number of amides is 2. The van der Waals surface area contributed by atoms with E-state index in [9.17, 15) is 9.59 Å². The van der Waals surface area contributed by atoms with Crippen molar-refractivity contribution in [3.8, 4) is 5.75 Å². The molecule has 2 saturated heterocycles. The predicted octanol–water partition coefficient (Wildman–Crippen LogP) is 1.83. The Morgan fingerprint density at radius 2 is 1.83 bits per heavy atom. The Hall–Kier alpha value is -2.12. The number of rotatable bonds is 8. The van der Waals surface area contributed by atoms with Crippen LogP contribution in [0.1, 0.15) is 43.0 Å². The molecule has 1 atom stereocenters. The summed E-state index contributed by atoms with van der Waals surface area (Å²) in [6.45, 7) is 8.48. The number of benzene rings is 1. The minimum atomic E-state index is -0.0181. The lowest BCUT2D eigenvalue weighted by Crippen LogP contribution is -2.48. The average molecular weight is 417 g/mol. The molecule has 30 heavy (non-hydrogen) atoms. The van der Waals surface area contributed by atoms with Crippen LogP contribution in [-0.4, -0.2) is 92.0 Å². The summed E-state index contributed by atoms with van der Waals surface area (Å²) >= 11 is 0. The standard InChI is InChI=1S/C23H36N4O3/c1-19-5-3-4-13-25(19)17-18-27(14-10-22(28)26-15-11-24-12-16-26)23(29)20-6-8-21(30-2)9-7-20/h6-9,19,24H,3-5,10-18H2,1-2H3/t19-/m1/s1. The smallest absolute Gasteiger partial charge is 0.253 e. The molecule has 2 fully saturated rings. The number of hydrogen-bond donors (Lipinski definition) is 1. The Balaban J connectivity index is 1.63. The number of ether oxygens (including phenoxy) is 1. The zero-order valence-corrected chi connectivity index (χ0v) is 18.4. The Morgan fingerprint density at radius 1 is 1.10 bits per heavy atom. The van der Waals surface area contributed by atoms with Gasteiger partial charge in [-0.3, -0.25) is 14.5 Å². The third-order valence-corrected chi connectivity index (χ3v) is 6.29. The number of nitrogens with zero attached hydrogens (tertiary/aromatic N) is 3. The van der Waals surface area contributed by atoms with Gasteiger partial charge in [0.1, 0.15) is 5.75 Å². The van der Waals surface area contributed by atoms with Gasteiger partial charge in [0.05, 0.1) is 7.11 Å². The van der Waals surface area contributed by atoms with E-state index in [2.05, 4.69) is 17.1 Å². The second kappa shape index (κ2) is 11.3. The maximum absolute atomic E-state index is 13.2. The highest BCUT2D eigenvalue weighted by molar-refractivity contribution is 5.94. The molecule has 2 heterocycles. The molecule has 1 aromatic rings. The van der Waals surface area contributed by atoms with Crippen LogP contribution in [0.25, 0.3) is 0 Å². The summed E-state index contributed by atoms with van der Waals surface area (Å²) in [6.07, 6.45) is 4.09. The van der Waals surface area contributed by atoms with Crippen LogP contribution in [-0.2, 0) is 4.79 Å². The highest BCUT2D eigenvalue weighted by atomic mass is 16.5. The zero-order chi connectivity index (χ0) is 21.3. The average Bonchev–Trinajstić information content (AvgIpc) is 2.80. The topological polar surface area (TPSA) is 65.1 Å². The summed E-state index contributed by atoms with van der Waals surface area (Å²) in [4.78, 5) is 32.1. The SMILES string of the molecule is COc1ccc(C(=O)N(CCC(=O)N2CCNCC2)CCN2CCCC[C@H]2C)cc1. The molecule has 2 aliphatic rings. The van der Waals surface area contributed by atoms with Gasteiger partial charge < -0.3 is 19.9 Å². The monoisotopic (exact) mass is 416 g/mol. The molecule has 2 aliphatic heterocycles. The lowest BCUT2D eigenvalue weighted by Gasteiger charge is -2.35. The fraction of sp³-hybridized carbons (Fsp3) is 0.652. The van der Waals surface area contributed by atoms with Crippen molar-refractivity contribution >= 4 is 11.8 Å². The van der Waals surface area contributed by atoms with Crippen molar-refractivity contribution in [2.45, 2.75) is 38.6 Å². The lowest BCUT2D eigenvalue weighted by molar-refractivity contribution is -0.131. The maximum atomic E-state index is 13.2. The molecule has 0 aliphatic carbocycles. The summed E-state index contributed by atoms with van der Waals surface area (Å²) in [5.74, 6) is 0.847. The van der Waals surface area contributed by atoms with Gasteiger partial charge in [0, 0.05) is 63.8 Å². The summed E-state index contributed by atoms with van der Waals surface area (Å²) in [5, 5.41) is 3.27. The number of nitrogens with one attached hydrogen (secondary N) is 1. The number of likely N-dealkylation sites (tertiary alicyclic amines) is 1. The Morgan fingerprint density at radius 3 is 2.50 bits per heavy atom. The first-order valence-electron chi connectivity index (χ1n) is 11.2. The van der Waals surface area contributed by atoms with E-state index in [0.717, 1.165) is 45.0 Å². The number of carbonyl (C=O) groups is 2. The van der Waals surface area contributed by atoms with Crippen LogP contribution < -0.4 is 10.1 Å². The van der Waals surface area contributed by atoms with Crippen LogP contribution in [0, 0.1) is 0 Å². The van der Waals surface area contributed by atoms with Gasteiger partial charge in [-0.25, -0.2) is 0 Å². The van der Waals surface area contributed by atoms with E-state index in [0.29, 0.717) is 31.1 Å². The first kappa shape index (κ1) is 22.6. The highest BCUT2D eigenvalue weighted by Gasteiger charge is 2.23. The Bertz CT molecular complexity index is 688. The quantitative estimate of drug-likeness (QED) is 0.701. The van der Waals surface area contributed by atoms with E-state index < -0.39 is 0 Å². The molecule has 0 aromatic heterocycles. The normalized spacial score (nSPS) is 20.1. The lowest BCUT2D eigenvalue weighted by atomic mass is 10.0. The number of piperidine rings is 1. The van der Waals surface area contributed by atoms with Crippen molar-refractivity contribution in [3.05, 3.63) is 29.8 Å². The van der Waals surface area contributed by atoms with Gasteiger partial charge in [0.2, 0.25) is 5.91 Å². The molecular weight excluding hydrogens is 380 g/mol. The van der Waals surface area contributed by atoms with Crippen LogP contribution in [0.2, 0.25) is 0 Å². The fourth-order valence-corrected chi connectivity index (χ4v) is 4.27. The van der Waals surface area contributed by atoms with Gasteiger partial charge in [-0.1, -0.05) is 6.42 Å². The van der Waals surface area contributed by atoms with Crippen LogP contribution in [0.5, 0.6) is 5.75 Å². The molecule has 7 nitrogen and oxygen atoms in total. The molecule has 0 bridgehead atoms. The number of hydrogen-bond acceptors (Lipinski definition) is 5. The van der Waals surface area contributed by atoms with E-state index in [1.165, 1.54) is 19.3 Å². The molecule has 2 amide bonds. The molecule has 0 spiro atoms.